The Kier molecular flexibility index (Phi) is 6.31. The van der Waals surface area contributed by atoms with E-state index in [4.69, 9.17) is 4.74 Å². The highest BCUT2D eigenvalue weighted by Gasteiger charge is 2.23. The lowest BCUT2D eigenvalue weighted by Crippen LogP contribution is -2.42. The molecule has 0 saturated heterocycles. The molecule has 0 saturated carbocycles. The van der Waals surface area contributed by atoms with E-state index in [-0.39, 0.29) is 12.0 Å². The largest absolute Gasteiger partial charge is 0.466 e. The zero-order valence-corrected chi connectivity index (χ0v) is 14.7. The molecule has 0 bridgehead atoms. The molecule has 6 nitrogen and oxygen atoms in total. The van der Waals surface area contributed by atoms with Crippen LogP contribution in [0.5, 0.6) is 0 Å². The molecule has 0 aliphatic rings. The van der Waals surface area contributed by atoms with Gasteiger partial charge in [-0.1, -0.05) is 41.7 Å². The first kappa shape index (κ1) is 17.9. The summed E-state index contributed by atoms with van der Waals surface area (Å²) in [7, 11) is 0. The molecule has 2 rings (SSSR count). The Bertz CT molecular complexity index is 687. The summed E-state index contributed by atoms with van der Waals surface area (Å²) in [5.41, 5.74) is 1.05. The fourth-order valence-electron chi connectivity index (χ4n) is 2.01. The lowest BCUT2D eigenvalue weighted by Gasteiger charge is -2.19. The first-order valence-corrected chi connectivity index (χ1v) is 8.58. The van der Waals surface area contributed by atoms with E-state index in [1.54, 1.807) is 27.0 Å². The average Bonchev–Trinajstić information content (AvgIpc) is 3.03. The zero-order chi connectivity index (χ0) is 17.5. The molecule has 0 aliphatic carbocycles. The van der Waals surface area contributed by atoms with Crippen molar-refractivity contribution in [3.63, 3.8) is 0 Å². The number of nitrogens with one attached hydrogen (secondary N) is 2. The van der Waals surface area contributed by atoms with E-state index in [2.05, 4.69) is 15.6 Å². The second-order valence-electron chi connectivity index (χ2n) is 5.32. The van der Waals surface area contributed by atoms with E-state index in [0.717, 1.165) is 10.4 Å². The molecule has 2 N–H and O–H groups in total. The van der Waals surface area contributed by atoms with Crippen LogP contribution in [0.1, 0.15) is 20.8 Å². The summed E-state index contributed by atoms with van der Waals surface area (Å²) in [5, 5.41) is 5.93. The fraction of sp³-hybridized carbons (Fsp3) is 0.353. The Morgan fingerprint density at radius 1 is 1.25 bits per heavy atom. The lowest BCUT2D eigenvalue weighted by atomic mass is 10.0. The molecule has 2 amide bonds. The van der Waals surface area contributed by atoms with Gasteiger partial charge in [-0.25, -0.2) is 9.78 Å². The molecule has 2 atom stereocenters. The van der Waals surface area contributed by atoms with E-state index in [1.807, 2.05) is 30.3 Å². The van der Waals surface area contributed by atoms with Crippen LogP contribution < -0.4 is 10.6 Å². The number of rotatable bonds is 6. The number of esters is 1. The van der Waals surface area contributed by atoms with Gasteiger partial charge in [0.2, 0.25) is 0 Å². The van der Waals surface area contributed by atoms with Gasteiger partial charge in [0.1, 0.15) is 0 Å². The average molecular weight is 347 g/mol. The number of ether oxygens (including phenoxy) is 1. The number of thiazole rings is 1. The van der Waals surface area contributed by atoms with Gasteiger partial charge < -0.3 is 10.1 Å². The van der Waals surface area contributed by atoms with Crippen LogP contribution in [0.25, 0.3) is 10.4 Å². The second kappa shape index (κ2) is 8.44. The van der Waals surface area contributed by atoms with Gasteiger partial charge in [0, 0.05) is 12.2 Å². The van der Waals surface area contributed by atoms with Crippen LogP contribution >= 0.6 is 11.3 Å². The van der Waals surface area contributed by atoms with Crippen molar-refractivity contribution in [3.8, 4) is 10.4 Å². The minimum atomic E-state index is -0.424. The van der Waals surface area contributed by atoms with E-state index in [0.29, 0.717) is 11.7 Å². The maximum atomic E-state index is 12.0. The summed E-state index contributed by atoms with van der Waals surface area (Å²) in [4.78, 5) is 28.9. The summed E-state index contributed by atoms with van der Waals surface area (Å²) < 4.78 is 4.96. The summed E-state index contributed by atoms with van der Waals surface area (Å²) in [5.74, 6) is -0.752. The highest BCUT2D eigenvalue weighted by molar-refractivity contribution is 7.19. The van der Waals surface area contributed by atoms with Crippen LogP contribution in [0.2, 0.25) is 0 Å². The van der Waals surface area contributed by atoms with Crippen LogP contribution in [0, 0.1) is 5.92 Å². The van der Waals surface area contributed by atoms with Crippen LogP contribution in [-0.2, 0) is 9.53 Å². The van der Waals surface area contributed by atoms with Crippen LogP contribution in [-0.4, -0.2) is 29.6 Å². The van der Waals surface area contributed by atoms with Crippen molar-refractivity contribution < 1.29 is 14.3 Å². The third-order valence-electron chi connectivity index (χ3n) is 3.55. The predicted octanol–water partition coefficient (Wildman–Crippen LogP) is 3.52. The maximum absolute atomic E-state index is 12.0. The molecule has 128 valence electrons. The van der Waals surface area contributed by atoms with Gasteiger partial charge in [0.05, 0.1) is 17.4 Å². The number of hydrogen-bond acceptors (Lipinski definition) is 5. The molecule has 1 aromatic heterocycles. The predicted molar refractivity (Wildman–Crippen MR) is 95.0 cm³/mol. The Balaban J connectivity index is 1.91. The molecule has 0 fully saturated rings. The van der Waals surface area contributed by atoms with E-state index in [1.165, 1.54) is 11.3 Å². The zero-order valence-electron chi connectivity index (χ0n) is 13.9. The van der Waals surface area contributed by atoms with Crippen molar-refractivity contribution >= 4 is 28.5 Å². The second-order valence-corrected chi connectivity index (χ2v) is 6.35. The van der Waals surface area contributed by atoms with Crippen LogP contribution in [0.4, 0.5) is 9.93 Å². The van der Waals surface area contributed by atoms with Crippen LogP contribution in [0.3, 0.4) is 0 Å². The highest BCUT2D eigenvalue weighted by atomic mass is 32.1. The molecule has 0 unspecified atom stereocenters. The molecule has 0 spiro atoms. The number of nitrogens with zero attached hydrogens (tertiary/aromatic N) is 1. The molecule has 1 aromatic carbocycles. The molecule has 7 heteroatoms. The number of carbonyl (C=O) groups is 2. The Morgan fingerprint density at radius 2 is 1.96 bits per heavy atom. The maximum Gasteiger partial charge on any atom is 0.321 e. The molecular formula is C17H21N3O3S. The van der Waals surface area contributed by atoms with E-state index < -0.39 is 11.9 Å². The van der Waals surface area contributed by atoms with Crippen molar-refractivity contribution in [3.05, 3.63) is 36.5 Å². The van der Waals surface area contributed by atoms with Crippen molar-refractivity contribution in [2.45, 2.75) is 26.8 Å². The Labute approximate surface area is 145 Å². The van der Waals surface area contributed by atoms with Crippen molar-refractivity contribution in [2.24, 2.45) is 5.92 Å². The number of benzene rings is 1. The summed E-state index contributed by atoms with van der Waals surface area (Å²) in [6.45, 7) is 5.56. The molecule has 24 heavy (non-hydrogen) atoms. The van der Waals surface area contributed by atoms with Crippen molar-refractivity contribution in [1.82, 2.24) is 10.3 Å². The van der Waals surface area contributed by atoms with Gasteiger partial charge in [0.15, 0.2) is 5.13 Å². The molecule has 2 aromatic rings. The highest BCUT2D eigenvalue weighted by Crippen LogP contribution is 2.28. The first-order chi connectivity index (χ1) is 11.5. The molecule has 0 radical (unpaired) electrons. The Morgan fingerprint density at radius 3 is 2.62 bits per heavy atom. The van der Waals surface area contributed by atoms with Crippen molar-refractivity contribution in [2.75, 3.05) is 11.9 Å². The number of hydrogen-bond donors (Lipinski definition) is 2. The van der Waals surface area contributed by atoms with Gasteiger partial charge in [-0.3, -0.25) is 10.1 Å². The topological polar surface area (TPSA) is 80.3 Å². The summed E-state index contributed by atoms with van der Waals surface area (Å²) >= 11 is 1.39. The van der Waals surface area contributed by atoms with E-state index in [9.17, 15) is 9.59 Å². The van der Waals surface area contributed by atoms with Crippen LogP contribution in [0.15, 0.2) is 36.5 Å². The van der Waals surface area contributed by atoms with Gasteiger partial charge in [-0.15, -0.1) is 0 Å². The summed E-state index contributed by atoms with van der Waals surface area (Å²) in [6.07, 6.45) is 1.72. The standard InChI is InChI=1S/C17H21N3O3S/c1-4-23-15(21)11(2)12(3)19-16(22)20-17-18-10-14(24-17)13-8-6-5-7-9-13/h5-12H,4H2,1-3H3,(H2,18,19,20,22)/t11-,12+/m1/s1. The number of amides is 2. The summed E-state index contributed by atoms with van der Waals surface area (Å²) in [6, 6.07) is 9.08. The smallest absolute Gasteiger partial charge is 0.321 e. The normalized spacial score (nSPS) is 13.0. The number of urea groups is 1. The van der Waals surface area contributed by atoms with Gasteiger partial charge in [-0.2, -0.15) is 0 Å². The number of anilines is 1. The molecular weight excluding hydrogens is 326 g/mol. The SMILES string of the molecule is CCOC(=O)[C@H](C)[C@H](C)NC(=O)Nc1ncc(-c2ccccc2)s1. The monoisotopic (exact) mass is 347 g/mol. The fourth-order valence-corrected chi connectivity index (χ4v) is 2.83. The lowest BCUT2D eigenvalue weighted by molar-refractivity contribution is -0.148. The Hall–Kier alpha value is -2.41. The first-order valence-electron chi connectivity index (χ1n) is 7.76. The van der Waals surface area contributed by atoms with Crippen molar-refractivity contribution in [1.29, 1.82) is 0 Å². The number of carbonyl (C=O) groups excluding carboxylic acids is 2. The third-order valence-corrected chi connectivity index (χ3v) is 4.51. The number of aromatic nitrogens is 1. The van der Waals surface area contributed by atoms with E-state index >= 15 is 0 Å². The molecule has 1 heterocycles. The third kappa shape index (κ3) is 4.79. The quantitative estimate of drug-likeness (QED) is 0.784. The minimum Gasteiger partial charge on any atom is -0.466 e. The van der Waals surface area contributed by atoms with Gasteiger partial charge in [-0.05, 0) is 26.3 Å². The van der Waals surface area contributed by atoms with Gasteiger partial charge >= 0.3 is 12.0 Å². The van der Waals surface area contributed by atoms with Gasteiger partial charge in [0.25, 0.3) is 0 Å². The molecule has 0 aliphatic heterocycles. The minimum absolute atomic E-state index is 0.323.